The minimum Gasteiger partial charge on any atom is -0.353 e. The average molecular weight is 393 g/mol. The number of amides is 3. The molecule has 0 radical (unpaired) electrons. The molecule has 0 bridgehead atoms. The summed E-state index contributed by atoms with van der Waals surface area (Å²) >= 11 is 0. The Morgan fingerprint density at radius 1 is 0.821 bits per heavy atom. The molecular weight excluding hydrogens is 375 g/mol. The monoisotopic (exact) mass is 393 g/mol. The molecule has 2 aromatic carbocycles. The van der Waals surface area contributed by atoms with Crippen molar-refractivity contribution >= 4 is 17.7 Å². The number of carbonyl (C=O) groups excluding carboxylic acids is 3. The molecule has 6 nitrogen and oxygen atoms in total. The van der Waals surface area contributed by atoms with E-state index < -0.39 is 41.7 Å². The first-order chi connectivity index (χ1) is 13.3. The lowest BCUT2D eigenvalue weighted by Crippen LogP contribution is -2.40. The minimum absolute atomic E-state index is 0.0691. The maximum atomic E-state index is 13.5. The van der Waals surface area contributed by atoms with Crippen molar-refractivity contribution in [3.8, 4) is 0 Å². The molecule has 0 aromatic heterocycles. The van der Waals surface area contributed by atoms with Crippen molar-refractivity contribution in [3.05, 3.63) is 70.5 Å². The Hall–Kier alpha value is -3.36. The zero-order valence-corrected chi connectivity index (χ0v) is 14.9. The van der Waals surface area contributed by atoms with Crippen LogP contribution in [0, 0.1) is 24.4 Å². The molecule has 0 aliphatic carbocycles. The third-order valence-corrected chi connectivity index (χ3v) is 3.75. The smallest absolute Gasteiger partial charge is 0.254 e. The van der Waals surface area contributed by atoms with Crippen molar-refractivity contribution in [1.82, 2.24) is 16.0 Å². The van der Waals surface area contributed by atoms with Gasteiger partial charge in [-0.2, -0.15) is 0 Å². The summed E-state index contributed by atoms with van der Waals surface area (Å²) in [5.41, 5.74) is 0.196. The van der Waals surface area contributed by atoms with Gasteiger partial charge in [-0.25, -0.2) is 13.2 Å². The number of hydrogen-bond donors (Lipinski definition) is 3. The molecule has 0 atom stereocenters. The predicted molar refractivity (Wildman–Crippen MR) is 95.2 cm³/mol. The van der Waals surface area contributed by atoms with Crippen LogP contribution in [0.15, 0.2) is 36.4 Å². The van der Waals surface area contributed by atoms with Crippen LogP contribution in [0.3, 0.4) is 0 Å². The first-order valence-corrected chi connectivity index (χ1v) is 8.32. The van der Waals surface area contributed by atoms with Gasteiger partial charge in [0.15, 0.2) is 0 Å². The largest absolute Gasteiger partial charge is 0.353 e. The molecule has 2 rings (SSSR count). The molecule has 0 heterocycles. The van der Waals surface area contributed by atoms with Gasteiger partial charge in [-0.15, -0.1) is 0 Å². The zero-order valence-electron chi connectivity index (χ0n) is 14.9. The SMILES string of the molecule is Cc1ccc(C(=O)NCCNC(=O)CNC(=O)c2ccc(F)cc2F)cc1F. The summed E-state index contributed by atoms with van der Waals surface area (Å²) in [6, 6.07) is 6.56. The number of benzene rings is 2. The van der Waals surface area contributed by atoms with Crippen molar-refractivity contribution in [2.45, 2.75) is 6.92 Å². The van der Waals surface area contributed by atoms with E-state index in [0.717, 1.165) is 18.2 Å². The van der Waals surface area contributed by atoms with Gasteiger partial charge >= 0.3 is 0 Å². The standard InChI is InChI=1S/C19H18F3N3O3/c1-11-2-3-12(8-15(11)21)18(27)24-7-6-23-17(26)10-25-19(28)14-5-4-13(20)9-16(14)22/h2-5,8-9H,6-7,10H2,1H3,(H,23,26)(H,24,27)(H,25,28). The number of carbonyl (C=O) groups is 3. The van der Waals surface area contributed by atoms with Gasteiger partial charge in [-0.05, 0) is 36.8 Å². The van der Waals surface area contributed by atoms with E-state index in [1.807, 2.05) is 0 Å². The minimum atomic E-state index is -1.03. The first-order valence-electron chi connectivity index (χ1n) is 8.32. The topological polar surface area (TPSA) is 87.3 Å². The number of nitrogens with one attached hydrogen (secondary N) is 3. The molecule has 0 fully saturated rings. The van der Waals surface area contributed by atoms with Crippen molar-refractivity contribution < 1.29 is 27.6 Å². The molecule has 0 aliphatic rings. The fourth-order valence-electron chi connectivity index (χ4n) is 2.21. The normalized spacial score (nSPS) is 10.3. The third-order valence-electron chi connectivity index (χ3n) is 3.75. The maximum Gasteiger partial charge on any atom is 0.254 e. The van der Waals surface area contributed by atoms with Crippen LogP contribution >= 0.6 is 0 Å². The van der Waals surface area contributed by atoms with E-state index in [1.165, 1.54) is 12.1 Å². The van der Waals surface area contributed by atoms with Crippen LogP contribution in [-0.4, -0.2) is 37.4 Å². The lowest BCUT2D eigenvalue weighted by atomic mass is 10.1. The Balaban J connectivity index is 1.70. The quantitative estimate of drug-likeness (QED) is 0.626. The van der Waals surface area contributed by atoms with Crippen molar-refractivity contribution in [3.63, 3.8) is 0 Å². The Morgan fingerprint density at radius 2 is 1.54 bits per heavy atom. The summed E-state index contributed by atoms with van der Waals surface area (Å²) in [6.07, 6.45) is 0. The fraction of sp³-hybridized carbons (Fsp3) is 0.211. The molecule has 3 amide bonds. The van der Waals surface area contributed by atoms with Gasteiger partial charge in [0.2, 0.25) is 5.91 Å². The lowest BCUT2D eigenvalue weighted by molar-refractivity contribution is -0.120. The maximum absolute atomic E-state index is 13.5. The Bertz CT molecular complexity index is 903. The Morgan fingerprint density at radius 3 is 2.21 bits per heavy atom. The molecule has 9 heteroatoms. The van der Waals surface area contributed by atoms with Gasteiger partial charge in [-0.3, -0.25) is 14.4 Å². The van der Waals surface area contributed by atoms with E-state index in [1.54, 1.807) is 6.92 Å². The van der Waals surface area contributed by atoms with Crippen LogP contribution in [0.1, 0.15) is 26.3 Å². The first kappa shape index (κ1) is 20.9. The van der Waals surface area contributed by atoms with Crippen molar-refractivity contribution in [2.24, 2.45) is 0 Å². The summed E-state index contributed by atoms with van der Waals surface area (Å²) in [7, 11) is 0. The number of halogens is 3. The van der Waals surface area contributed by atoms with Crippen LogP contribution in [-0.2, 0) is 4.79 Å². The van der Waals surface area contributed by atoms with Crippen molar-refractivity contribution in [1.29, 1.82) is 0 Å². The Labute approximate surface area is 159 Å². The van der Waals surface area contributed by atoms with E-state index in [0.29, 0.717) is 11.6 Å². The second-order valence-corrected chi connectivity index (χ2v) is 5.88. The van der Waals surface area contributed by atoms with Crippen LogP contribution < -0.4 is 16.0 Å². The summed E-state index contributed by atoms with van der Waals surface area (Å²) in [4.78, 5) is 35.3. The predicted octanol–water partition coefficient (Wildman–Crippen LogP) is 1.69. The summed E-state index contributed by atoms with van der Waals surface area (Å²) in [5, 5.41) is 7.16. The molecule has 148 valence electrons. The van der Waals surface area contributed by atoms with Gasteiger partial charge in [0.05, 0.1) is 12.1 Å². The van der Waals surface area contributed by atoms with E-state index in [2.05, 4.69) is 16.0 Å². The third kappa shape index (κ3) is 5.83. The molecule has 0 spiro atoms. The number of aryl methyl sites for hydroxylation is 1. The highest BCUT2D eigenvalue weighted by molar-refractivity contribution is 5.96. The van der Waals surface area contributed by atoms with Gasteiger partial charge in [0.25, 0.3) is 11.8 Å². The van der Waals surface area contributed by atoms with Crippen LogP contribution in [0.2, 0.25) is 0 Å². The highest BCUT2D eigenvalue weighted by Gasteiger charge is 2.13. The van der Waals surface area contributed by atoms with E-state index in [9.17, 15) is 27.6 Å². The second kappa shape index (κ2) is 9.54. The summed E-state index contributed by atoms with van der Waals surface area (Å²) in [6.45, 7) is 1.31. The van der Waals surface area contributed by atoms with Crippen LogP contribution in [0.25, 0.3) is 0 Å². The highest BCUT2D eigenvalue weighted by atomic mass is 19.1. The molecule has 0 saturated carbocycles. The van der Waals surface area contributed by atoms with Gasteiger partial charge in [0, 0.05) is 24.7 Å². The van der Waals surface area contributed by atoms with Gasteiger partial charge < -0.3 is 16.0 Å². The van der Waals surface area contributed by atoms with Crippen LogP contribution in [0.5, 0.6) is 0 Å². The molecule has 3 N–H and O–H groups in total. The molecule has 0 unspecified atom stereocenters. The highest BCUT2D eigenvalue weighted by Crippen LogP contribution is 2.09. The lowest BCUT2D eigenvalue weighted by Gasteiger charge is -2.09. The number of hydrogen-bond acceptors (Lipinski definition) is 3. The van der Waals surface area contributed by atoms with Crippen molar-refractivity contribution in [2.75, 3.05) is 19.6 Å². The summed E-state index contributed by atoms with van der Waals surface area (Å²) < 4.78 is 39.7. The molecule has 0 saturated heterocycles. The second-order valence-electron chi connectivity index (χ2n) is 5.88. The molecular formula is C19H18F3N3O3. The van der Waals surface area contributed by atoms with E-state index in [4.69, 9.17) is 0 Å². The zero-order chi connectivity index (χ0) is 20.7. The van der Waals surface area contributed by atoms with E-state index >= 15 is 0 Å². The number of rotatable bonds is 7. The summed E-state index contributed by atoms with van der Waals surface area (Å²) in [5.74, 6) is -4.26. The van der Waals surface area contributed by atoms with Gasteiger partial charge in [0.1, 0.15) is 17.5 Å². The van der Waals surface area contributed by atoms with Crippen LogP contribution in [0.4, 0.5) is 13.2 Å². The Kier molecular flexibility index (Phi) is 7.14. The average Bonchev–Trinajstić information content (AvgIpc) is 2.65. The van der Waals surface area contributed by atoms with E-state index in [-0.39, 0.29) is 24.2 Å². The fourth-order valence-corrected chi connectivity index (χ4v) is 2.21. The molecule has 2 aromatic rings. The molecule has 0 aliphatic heterocycles. The van der Waals surface area contributed by atoms with Gasteiger partial charge in [-0.1, -0.05) is 6.07 Å². The molecule has 28 heavy (non-hydrogen) atoms.